The van der Waals surface area contributed by atoms with E-state index in [1.165, 1.54) is 0 Å². The molecule has 0 aliphatic carbocycles. The monoisotopic (exact) mass is 465 g/mol. The Morgan fingerprint density at radius 2 is 1.84 bits per heavy atom. The van der Waals surface area contributed by atoms with Crippen LogP contribution in [0.4, 0.5) is 5.69 Å². The number of halogens is 2. The van der Waals surface area contributed by atoms with E-state index in [1.807, 2.05) is 30.3 Å². The predicted molar refractivity (Wildman–Crippen MR) is 126 cm³/mol. The summed E-state index contributed by atoms with van der Waals surface area (Å²) < 4.78 is 0. The second-order valence-electron chi connectivity index (χ2n) is 7.51. The molecule has 0 spiro atoms. The number of imidazole rings is 1. The summed E-state index contributed by atoms with van der Waals surface area (Å²) in [6, 6.07) is 15.8. The standard InChI is InChI=1S/C23H17Cl2N5O2/c24-14-6-7-17-15(10-14)19(13-9-18-21(26-11-13)30-23(32)28-18)29-20(22(31)27-17)16(25)8-12-4-2-1-3-5-12/h1-7,9-11,16,20H,8H2,(H,27,31)(H2,26,28,30,32). The summed E-state index contributed by atoms with van der Waals surface area (Å²) in [5.41, 5.74) is 3.99. The average molecular weight is 466 g/mol. The number of benzodiazepines with no additional fused rings is 1. The molecule has 4 aromatic rings. The lowest BCUT2D eigenvalue weighted by atomic mass is 10.0. The number of pyridine rings is 1. The summed E-state index contributed by atoms with van der Waals surface area (Å²) in [6.07, 6.45) is 2.07. The zero-order valence-electron chi connectivity index (χ0n) is 16.6. The number of nitrogens with one attached hydrogen (secondary N) is 3. The van der Waals surface area contributed by atoms with Crippen LogP contribution >= 0.6 is 23.2 Å². The maximum Gasteiger partial charge on any atom is 0.325 e. The lowest BCUT2D eigenvalue weighted by Gasteiger charge is -2.17. The van der Waals surface area contributed by atoms with Crippen LogP contribution in [0.25, 0.3) is 11.2 Å². The van der Waals surface area contributed by atoms with E-state index in [2.05, 4.69) is 20.3 Å². The lowest BCUT2D eigenvalue weighted by Crippen LogP contribution is -2.34. The summed E-state index contributed by atoms with van der Waals surface area (Å²) in [5, 5.41) is 2.84. The maximum absolute atomic E-state index is 13.1. The Hall–Kier alpha value is -3.42. The average Bonchev–Trinajstić information content (AvgIpc) is 3.08. The summed E-state index contributed by atoms with van der Waals surface area (Å²) in [7, 11) is 0. The molecule has 7 nitrogen and oxygen atoms in total. The highest BCUT2D eigenvalue weighted by Crippen LogP contribution is 2.29. The molecule has 0 saturated carbocycles. The molecular formula is C23H17Cl2N5O2. The van der Waals surface area contributed by atoms with Crippen molar-refractivity contribution in [2.75, 3.05) is 5.32 Å². The number of aliphatic imine (C=N–C) groups is 1. The van der Waals surface area contributed by atoms with Gasteiger partial charge in [0.1, 0.15) is 6.04 Å². The molecule has 1 aliphatic rings. The van der Waals surface area contributed by atoms with E-state index in [4.69, 9.17) is 28.2 Å². The molecule has 2 aromatic carbocycles. The fourth-order valence-corrected chi connectivity index (χ4v) is 4.29. The number of fused-ring (bicyclic) bond motifs is 2. The highest BCUT2D eigenvalue weighted by molar-refractivity contribution is 6.32. The van der Waals surface area contributed by atoms with Gasteiger partial charge in [0, 0.05) is 22.3 Å². The molecule has 0 saturated heterocycles. The molecule has 3 heterocycles. The predicted octanol–water partition coefficient (Wildman–Crippen LogP) is 3.91. The third-order valence-corrected chi connectivity index (χ3v) is 5.92. The summed E-state index contributed by atoms with van der Waals surface area (Å²) in [5.74, 6) is -0.302. The van der Waals surface area contributed by atoms with Crippen molar-refractivity contribution in [1.29, 1.82) is 0 Å². The minimum atomic E-state index is -0.848. The summed E-state index contributed by atoms with van der Waals surface area (Å²) in [4.78, 5) is 39.2. The fraction of sp³-hybridized carbons (Fsp3) is 0.130. The Balaban J connectivity index is 1.63. The van der Waals surface area contributed by atoms with E-state index < -0.39 is 11.4 Å². The first kappa shape index (κ1) is 20.5. The van der Waals surface area contributed by atoms with Gasteiger partial charge in [-0.05, 0) is 36.2 Å². The third kappa shape index (κ3) is 3.92. The Morgan fingerprint density at radius 3 is 2.66 bits per heavy atom. The number of amides is 1. The first-order chi connectivity index (χ1) is 15.5. The van der Waals surface area contributed by atoms with Crippen LogP contribution in [0, 0.1) is 0 Å². The van der Waals surface area contributed by atoms with Gasteiger partial charge < -0.3 is 10.3 Å². The van der Waals surface area contributed by atoms with Crippen LogP contribution in [0.5, 0.6) is 0 Å². The molecular weight excluding hydrogens is 449 g/mol. The Morgan fingerprint density at radius 1 is 1.03 bits per heavy atom. The van der Waals surface area contributed by atoms with Crippen LogP contribution in [0.1, 0.15) is 16.7 Å². The smallest absolute Gasteiger partial charge is 0.324 e. The van der Waals surface area contributed by atoms with Crippen molar-refractivity contribution in [3.8, 4) is 0 Å². The number of benzene rings is 2. The first-order valence-electron chi connectivity index (χ1n) is 9.93. The number of hydrogen-bond acceptors (Lipinski definition) is 4. The third-order valence-electron chi connectivity index (χ3n) is 5.29. The van der Waals surface area contributed by atoms with Crippen LogP contribution < -0.4 is 11.0 Å². The molecule has 2 unspecified atom stereocenters. The van der Waals surface area contributed by atoms with E-state index in [-0.39, 0.29) is 11.6 Å². The molecule has 2 aromatic heterocycles. The van der Waals surface area contributed by atoms with Crippen molar-refractivity contribution < 1.29 is 4.79 Å². The molecule has 1 amide bonds. The van der Waals surface area contributed by atoms with Gasteiger partial charge in [0.25, 0.3) is 5.91 Å². The number of H-pyrrole nitrogens is 2. The number of anilines is 1. The molecule has 5 rings (SSSR count). The van der Waals surface area contributed by atoms with Gasteiger partial charge in [-0.25, -0.2) is 9.78 Å². The van der Waals surface area contributed by atoms with Gasteiger partial charge in [-0.15, -0.1) is 11.6 Å². The topological polar surface area (TPSA) is 103 Å². The van der Waals surface area contributed by atoms with Gasteiger partial charge in [0.05, 0.1) is 22.3 Å². The molecule has 0 bridgehead atoms. The maximum atomic E-state index is 13.1. The van der Waals surface area contributed by atoms with Gasteiger partial charge in [-0.3, -0.25) is 14.8 Å². The Kier molecular flexibility index (Phi) is 5.28. The largest absolute Gasteiger partial charge is 0.325 e. The number of carbonyl (C=O) groups is 1. The van der Waals surface area contributed by atoms with Crippen molar-refractivity contribution in [3.05, 3.63) is 93.0 Å². The van der Waals surface area contributed by atoms with E-state index in [0.717, 1.165) is 5.56 Å². The number of aromatic nitrogens is 3. The second kappa shape index (κ2) is 8.26. The molecule has 0 fully saturated rings. The number of carbonyl (C=O) groups excluding carboxylic acids is 1. The zero-order chi connectivity index (χ0) is 22.2. The SMILES string of the molecule is O=C1Nc2ccc(Cl)cc2C(c2cnc3[nH]c(=O)[nH]c3c2)=NC1C(Cl)Cc1ccccc1. The van der Waals surface area contributed by atoms with Crippen LogP contribution in [0.15, 0.2) is 70.6 Å². The highest BCUT2D eigenvalue weighted by Gasteiger charge is 2.31. The van der Waals surface area contributed by atoms with Crippen molar-refractivity contribution in [1.82, 2.24) is 15.0 Å². The van der Waals surface area contributed by atoms with E-state index in [1.54, 1.807) is 30.5 Å². The van der Waals surface area contributed by atoms with E-state index in [9.17, 15) is 9.59 Å². The lowest BCUT2D eigenvalue weighted by molar-refractivity contribution is -0.117. The number of hydrogen-bond donors (Lipinski definition) is 3. The fourth-order valence-electron chi connectivity index (χ4n) is 3.77. The normalized spacial score (nSPS) is 16.8. The van der Waals surface area contributed by atoms with Crippen LogP contribution in [-0.4, -0.2) is 38.0 Å². The Bertz CT molecular complexity index is 1410. The van der Waals surface area contributed by atoms with E-state index in [0.29, 0.717) is 45.1 Å². The van der Waals surface area contributed by atoms with Crippen molar-refractivity contribution in [2.45, 2.75) is 17.8 Å². The van der Waals surface area contributed by atoms with Gasteiger partial charge in [-0.1, -0.05) is 41.9 Å². The minimum absolute atomic E-state index is 0.302. The van der Waals surface area contributed by atoms with Crippen molar-refractivity contribution in [3.63, 3.8) is 0 Å². The van der Waals surface area contributed by atoms with Gasteiger partial charge >= 0.3 is 5.69 Å². The van der Waals surface area contributed by atoms with Crippen LogP contribution in [0.3, 0.4) is 0 Å². The molecule has 0 radical (unpaired) electrons. The van der Waals surface area contributed by atoms with Gasteiger partial charge in [0.15, 0.2) is 5.65 Å². The number of nitrogens with zero attached hydrogens (tertiary/aromatic N) is 2. The van der Waals surface area contributed by atoms with E-state index >= 15 is 0 Å². The molecule has 3 N–H and O–H groups in total. The number of alkyl halides is 1. The minimum Gasteiger partial charge on any atom is -0.324 e. The van der Waals surface area contributed by atoms with Gasteiger partial charge in [-0.2, -0.15) is 0 Å². The van der Waals surface area contributed by atoms with Gasteiger partial charge in [0.2, 0.25) is 0 Å². The summed E-state index contributed by atoms with van der Waals surface area (Å²) in [6.45, 7) is 0. The highest BCUT2D eigenvalue weighted by atomic mass is 35.5. The molecule has 160 valence electrons. The quantitative estimate of drug-likeness (QED) is 0.398. The first-order valence-corrected chi connectivity index (χ1v) is 10.7. The molecule has 9 heteroatoms. The van der Waals surface area contributed by atoms with Crippen molar-refractivity contribution in [2.24, 2.45) is 4.99 Å². The van der Waals surface area contributed by atoms with Crippen LogP contribution in [-0.2, 0) is 11.2 Å². The van der Waals surface area contributed by atoms with Crippen LogP contribution in [0.2, 0.25) is 5.02 Å². The molecule has 2 atom stereocenters. The molecule has 32 heavy (non-hydrogen) atoms. The summed E-state index contributed by atoms with van der Waals surface area (Å²) >= 11 is 13.0. The zero-order valence-corrected chi connectivity index (χ0v) is 18.1. The Labute approximate surface area is 192 Å². The molecule has 1 aliphatic heterocycles. The second-order valence-corrected chi connectivity index (χ2v) is 8.50. The number of rotatable bonds is 4. The number of aromatic amines is 2. The van der Waals surface area contributed by atoms with Crippen molar-refractivity contribution >= 4 is 51.7 Å².